The third-order valence-electron chi connectivity index (χ3n) is 4.48. The van der Waals surface area contributed by atoms with Gasteiger partial charge in [0.2, 0.25) is 0 Å². The summed E-state index contributed by atoms with van der Waals surface area (Å²) in [4.78, 5) is 9.34. The van der Waals surface area contributed by atoms with Gasteiger partial charge in [0.1, 0.15) is 5.82 Å². The van der Waals surface area contributed by atoms with Gasteiger partial charge in [-0.05, 0) is 30.9 Å². The summed E-state index contributed by atoms with van der Waals surface area (Å²) >= 11 is 0. The van der Waals surface area contributed by atoms with Gasteiger partial charge in [-0.3, -0.25) is 10.1 Å². The zero-order valence-electron chi connectivity index (χ0n) is 12.2. The van der Waals surface area contributed by atoms with E-state index in [9.17, 15) is 22.9 Å². The van der Waals surface area contributed by atoms with E-state index in [1.54, 1.807) is 0 Å². The highest BCUT2D eigenvalue weighted by Crippen LogP contribution is 2.40. The van der Waals surface area contributed by atoms with E-state index >= 15 is 0 Å². The van der Waals surface area contributed by atoms with Crippen LogP contribution < -0.4 is 5.32 Å². The van der Waals surface area contributed by atoms with Gasteiger partial charge in [-0.2, -0.15) is 4.31 Å². The minimum absolute atomic E-state index is 0. The molecular formula is C13H17ClFN3O4S. The Labute approximate surface area is 139 Å². The van der Waals surface area contributed by atoms with E-state index in [0.717, 1.165) is 37.7 Å². The Hall–Kier alpha value is -1.29. The van der Waals surface area contributed by atoms with Crippen LogP contribution in [0, 0.1) is 21.3 Å². The zero-order valence-corrected chi connectivity index (χ0v) is 13.8. The molecular weight excluding hydrogens is 349 g/mol. The highest BCUT2D eigenvalue weighted by molar-refractivity contribution is 7.89. The number of nitro benzene ring substituents is 1. The SMILES string of the molecule is Cl.O=[N+]([O-])c1cccc(F)c1S(=O)(=O)N1CCC2(CCNC2)C1. The van der Waals surface area contributed by atoms with Gasteiger partial charge in [0, 0.05) is 25.7 Å². The van der Waals surface area contributed by atoms with Gasteiger partial charge >= 0.3 is 0 Å². The number of rotatable bonds is 3. The molecule has 2 aliphatic rings. The lowest BCUT2D eigenvalue weighted by molar-refractivity contribution is -0.388. The van der Waals surface area contributed by atoms with E-state index in [2.05, 4.69) is 5.32 Å². The van der Waals surface area contributed by atoms with Crippen LogP contribution in [0.25, 0.3) is 0 Å². The number of benzene rings is 1. The molecule has 0 aliphatic carbocycles. The molecule has 128 valence electrons. The fourth-order valence-electron chi connectivity index (χ4n) is 3.27. The van der Waals surface area contributed by atoms with E-state index in [1.807, 2.05) is 0 Å². The van der Waals surface area contributed by atoms with Crippen LogP contribution in [0.5, 0.6) is 0 Å². The second kappa shape index (κ2) is 6.31. The van der Waals surface area contributed by atoms with Gasteiger partial charge in [0.05, 0.1) is 4.92 Å². The minimum Gasteiger partial charge on any atom is -0.316 e. The van der Waals surface area contributed by atoms with Crippen molar-refractivity contribution in [2.24, 2.45) is 5.41 Å². The maximum Gasteiger partial charge on any atom is 0.292 e. The Morgan fingerprint density at radius 3 is 2.70 bits per heavy atom. The molecule has 2 aliphatic heterocycles. The molecule has 7 nitrogen and oxygen atoms in total. The van der Waals surface area contributed by atoms with Crippen LogP contribution in [0.2, 0.25) is 0 Å². The van der Waals surface area contributed by atoms with E-state index in [4.69, 9.17) is 0 Å². The largest absolute Gasteiger partial charge is 0.316 e. The molecule has 3 rings (SSSR count). The molecule has 1 aromatic rings. The van der Waals surface area contributed by atoms with Crippen LogP contribution in [-0.4, -0.2) is 43.8 Å². The molecule has 0 saturated carbocycles. The maximum atomic E-state index is 14.0. The number of hydrogen-bond acceptors (Lipinski definition) is 5. The molecule has 2 fully saturated rings. The Morgan fingerprint density at radius 1 is 1.35 bits per heavy atom. The van der Waals surface area contributed by atoms with Crippen LogP contribution in [0.1, 0.15) is 12.8 Å². The quantitative estimate of drug-likeness (QED) is 0.647. The van der Waals surface area contributed by atoms with Gasteiger partial charge in [0.15, 0.2) is 4.90 Å². The first-order valence-electron chi connectivity index (χ1n) is 7.00. The van der Waals surface area contributed by atoms with Crippen molar-refractivity contribution in [2.45, 2.75) is 17.7 Å². The third kappa shape index (κ3) is 3.06. The van der Waals surface area contributed by atoms with Crippen LogP contribution in [0.15, 0.2) is 23.1 Å². The van der Waals surface area contributed by atoms with Crippen molar-refractivity contribution in [2.75, 3.05) is 26.2 Å². The Bertz CT molecular complexity index is 722. The smallest absolute Gasteiger partial charge is 0.292 e. The van der Waals surface area contributed by atoms with Crippen LogP contribution in [0.4, 0.5) is 10.1 Å². The van der Waals surface area contributed by atoms with Crippen molar-refractivity contribution in [3.8, 4) is 0 Å². The number of halogens is 2. The normalized spacial score (nSPS) is 24.7. The highest BCUT2D eigenvalue weighted by atomic mass is 35.5. The number of nitrogens with zero attached hydrogens (tertiary/aromatic N) is 2. The second-order valence-corrected chi connectivity index (χ2v) is 7.74. The van der Waals surface area contributed by atoms with E-state index in [0.29, 0.717) is 6.42 Å². The molecule has 10 heteroatoms. The summed E-state index contributed by atoms with van der Waals surface area (Å²) in [5, 5.41) is 14.2. The fourth-order valence-corrected chi connectivity index (χ4v) is 5.02. The molecule has 1 atom stereocenters. The number of nitrogens with one attached hydrogen (secondary N) is 1. The lowest BCUT2D eigenvalue weighted by Crippen LogP contribution is -2.34. The molecule has 0 radical (unpaired) electrons. The average molecular weight is 366 g/mol. The second-order valence-electron chi connectivity index (χ2n) is 5.86. The summed E-state index contributed by atoms with van der Waals surface area (Å²) in [6.07, 6.45) is 1.54. The predicted octanol–water partition coefficient (Wildman–Crippen LogP) is 1.53. The molecule has 0 amide bonds. The molecule has 2 saturated heterocycles. The number of sulfonamides is 1. The third-order valence-corrected chi connectivity index (χ3v) is 6.39. The van der Waals surface area contributed by atoms with Gasteiger partial charge in [0.25, 0.3) is 15.7 Å². The standard InChI is InChI=1S/C13H16FN3O4S.ClH/c14-10-2-1-3-11(17(18)19)12(10)22(20,21)16-7-5-13(9-16)4-6-15-8-13;/h1-3,15H,4-9H2;1H. The number of nitro groups is 1. The molecule has 1 unspecified atom stereocenters. The van der Waals surface area contributed by atoms with Crippen LogP contribution >= 0.6 is 12.4 Å². The first-order valence-corrected chi connectivity index (χ1v) is 8.44. The monoisotopic (exact) mass is 365 g/mol. The number of hydrogen-bond donors (Lipinski definition) is 1. The summed E-state index contributed by atoms with van der Waals surface area (Å²) < 4.78 is 40.5. The topological polar surface area (TPSA) is 92.5 Å². The van der Waals surface area contributed by atoms with Crippen molar-refractivity contribution in [1.29, 1.82) is 0 Å². The van der Waals surface area contributed by atoms with Gasteiger partial charge in [-0.1, -0.05) is 6.07 Å². The van der Waals surface area contributed by atoms with Crippen molar-refractivity contribution in [1.82, 2.24) is 9.62 Å². The highest BCUT2D eigenvalue weighted by Gasteiger charge is 2.46. The van der Waals surface area contributed by atoms with E-state index < -0.39 is 31.3 Å². The van der Waals surface area contributed by atoms with Crippen molar-refractivity contribution >= 4 is 28.1 Å². The van der Waals surface area contributed by atoms with E-state index in [1.165, 1.54) is 4.31 Å². The lowest BCUT2D eigenvalue weighted by atomic mass is 9.87. The molecule has 2 heterocycles. The van der Waals surface area contributed by atoms with Crippen molar-refractivity contribution in [3.05, 3.63) is 34.1 Å². The Balaban J connectivity index is 0.00000192. The molecule has 0 bridgehead atoms. The first kappa shape index (κ1) is 18.1. The molecule has 1 aromatic carbocycles. The summed E-state index contributed by atoms with van der Waals surface area (Å²) in [7, 11) is -4.22. The Morgan fingerprint density at radius 2 is 2.09 bits per heavy atom. The molecule has 0 aromatic heterocycles. The van der Waals surface area contributed by atoms with Crippen molar-refractivity contribution in [3.63, 3.8) is 0 Å². The summed E-state index contributed by atoms with van der Waals surface area (Å²) in [5.74, 6) is -1.08. The Kier molecular flexibility index (Phi) is 4.95. The minimum atomic E-state index is -4.22. The van der Waals surface area contributed by atoms with Gasteiger partial charge < -0.3 is 5.32 Å². The lowest BCUT2D eigenvalue weighted by Gasteiger charge is -2.22. The van der Waals surface area contributed by atoms with Crippen LogP contribution in [0.3, 0.4) is 0 Å². The van der Waals surface area contributed by atoms with E-state index in [-0.39, 0.29) is 30.9 Å². The molecule has 1 spiro atoms. The first-order chi connectivity index (χ1) is 10.4. The molecule has 1 N–H and O–H groups in total. The fraction of sp³-hybridized carbons (Fsp3) is 0.538. The van der Waals surface area contributed by atoms with Crippen LogP contribution in [-0.2, 0) is 10.0 Å². The average Bonchev–Trinajstić information content (AvgIpc) is 3.09. The predicted molar refractivity (Wildman–Crippen MR) is 83.6 cm³/mol. The summed E-state index contributed by atoms with van der Waals surface area (Å²) in [6, 6.07) is 3.08. The summed E-state index contributed by atoms with van der Waals surface area (Å²) in [5.41, 5.74) is -0.849. The van der Waals surface area contributed by atoms with Gasteiger partial charge in [-0.15, -0.1) is 12.4 Å². The summed E-state index contributed by atoms with van der Waals surface area (Å²) in [6.45, 7) is 2.08. The molecule has 23 heavy (non-hydrogen) atoms. The van der Waals surface area contributed by atoms with Gasteiger partial charge in [-0.25, -0.2) is 12.8 Å². The van der Waals surface area contributed by atoms with Crippen molar-refractivity contribution < 1.29 is 17.7 Å². The zero-order chi connectivity index (χ0) is 16.0. The maximum absolute atomic E-state index is 14.0.